The number of halogens is 2. The minimum atomic E-state index is 0.597. The van der Waals surface area contributed by atoms with Crippen LogP contribution in [0.25, 0.3) is 10.2 Å². The van der Waals surface area contributed by atoms with Gasteiger partial charge in [0.1, 0.15) is 11.3 Å². The Hall–Kier alpha value is -0.790. The van der Waals surface area contributed by atoms with E-state index < -0.39 is 0 Å². The maximum absolute atomic E-state index is 6.20. The molecular weight excluding hydrogens is 383 g/mol. The highest BCUT2D eigenvalue weighted by molar-refractivity contribution is 14.1. The van der Waals surface area contributed by atoms with Gasteiger partial charge < -0.3 is 9.73 Å². The van der Waals surface area contributed by atoms with Crippen molar-refractivity contribution >= 4 is 61.4 Å². The minimum absolute atomic E-state index is 0.597. The van der Waals surface area contributed by atoms with E-state index in [0.717, 1.165) is 25.4 Å². The third-order valence-electron chi connectivity index (χ3n) is 2.52. The van der Waals surface area contributed by atoms with Crippen LogP contribution in [0.3, 0.4) is 0 Å². The Labute approximate surface area is 126 Å². The third-order valence-corrected chi connectivity index (χ3v) is 4.21. The van der Waals surface area contributed by atoms with E-state index >= 15 is 0 Å². The summed E-state index contributed by atoms with van der Waals surface area (Å²) in [5, 5.41) is 3.96. The van der Waals surface area contributed by atoms with Gasteiger partial charge in [-0.25, -0.2) is 4.98 Å². The molecule has 0 atom stereocenters. The summed E-state index contributed by atoms with van der Waals surface area (Å²) < 4.78 is 7.50. The molecule has 18 heavy (non-hydrogen) atoms. The largest absolute Gasteiger partial charge is 0.454 e. The Morgan fingerprint density at radius 3 is 3.00 bits per heavy atom. The van der Waals surface area contributed by atoms with E-state index in [4.69, 9.17) is 16.0 Å². The highest BCUT2D eigenvalue weighted by Gasteiger charge is 2.09. The second kappa shape index (κ2) is 5.07. The fraction of sp³-hybridized carbons (Fsp3) is 0.0833. The van der Waals surface area contributed by atoms with Crippen LogP contribution in [-0.4, -0.2) is 4.98 Å². The SMILES string of the molecule is Clc1ccc2scnc2c1NCc1ccc(I)o1. The lowest BCUT2D eigenvalue weighted by Crippen LogP contribution is -1.99. The Kier molecular flexibility index (Phi) is 3.45. The Balaban J connectivity index is 1.89. The molecule has 1 N–H and O–H groups in total. The monoisotopic (exact) mass is 390 g/mol. The Bertz CT molecular complexity index is 694. The standard InChI is InChI=1S/C12H8ClIN2OS/c13-8-2-3-9-12(16-6-18-9)11(8)15-5-7-1-4-10(14)17-7/h1-4,6,15H,5H2. The number of hydrogen-bond donors (Lipinski definition) is 1. The van der Waals surface area contributed by atoms with Gasteiger partial charge in [0.15, 0.2) is 3.77 Å². The first-order valence-corrected chi connectivity index (χ1v) is 7.57. The van der Waals surface area contributed by atoms with E-state index in [9.17, 15) is 0 Å². The fourth-order valence-electron chi connectivity index (χ4n) is 1.70. The lowest BCUT2D eigenvalue weighted by Gasteiger charge is -2.07. The van der Waals surface area contributed by atoms with E-state index in [0.29, 0.717) is 11.6 Å². The van der Waals surface area contributed by atoms with Gasteiger partial charge in [-0.1, -0.05) is 11.6 Å². The quantitative estimate of drug-likeness (QED) is 0.655. The molecule has 2 heterocycles. The van der Waals surface area contributed by atoms with Crippen LogP contribution >= 0.6 is 45.5 Å². The second-order valence-corrected chi connectivity index (χ2v) is 6.04. The zero-order valence-corrected chi connectivity index (χ0v) is 12.8. The number of benzene rings is 1. The van der Waals surface area contributed by atoms with E-state index in [1.54, 1.807) is 11.3 Å². The molecule has 0 fully saturated rings. The first kappa shape index (κ1) is 12.3. The van der Waals surface area contributed by atoms with Gasteiger partial charge in [-0.05, 0) is 46.9 Å². The molecule has 0 aliphatic heterocycles. The van der Waals surface area contributed by atoms with Crippen LogP contribution < -0.4 is 5.32 Å². The van der Waals surface area contributed by atoms with Crippen molar-refractivity contribution in [2.45, 2.75) is 6.54 Å². The lowest BCUT2D eigenvalue weighted by molar-refractivity contribution is 0.493. The molecule has 0 saturated heterocycles. The average Bonchev–Trinajstić information content (AvgIpc) is 2.96. The molecule has 0 unspecified atom stereocenters. The second-order valence-electron chi connectivity index (χ2n) is 3.68. The molecule has 0 aliphatic rings. The predicted molar refractivity (Wildman–Crippen MR) is 83.4 cm³/mol. The summed E-state index contributed by atoms with van der Waals surface area (Å²) in [7, 11) is 0. The van der Waals surface area contributed by atoms with Gasteiger partial charge in [-0.2, -0.15) is 0 Å². The van der Waals surface area contributed by atoms with E-state index in [1.165, 1.54) is 0 Å². The van der Waals surface area contributed by atoms with Gasteiger partial charge in [0, 0.05) is 0 Å². The van der Waals surface area contributed by atoms with Gasteiger partial charge in [-0.3, -0.25) is 0 Å². The van der Waals surface area contributed by atoms with Gasteiger partial charge >= 0.3 is 0 Å². The van der Waals surface area contributed by atoms with Gasteiger partial charge in [-0.15, -0.1) is 11.3 Å². The van der Waals surface area contributed by atoms with Crippen molar-refractivity contribution in [2.24, 2.45) is 0 Å². The number of aromatic nitrogens is 1. The average molecular weight is 391 g/mol. The first-order chi connectivity index (χ1) is 8.74. The number of thiazole rings is 1. The Morgan fingerprint density at radius 1 is 1.33 bits per heavy atom. The van der Waals surface area contributed by atoms with E-state index in [1.807, 2.05) is 29.8 Å². The van der Waals surface area contributed by atoms with Gasteiger partial charge in [0.25, 0.3) is 0 Å². The van der Waals surface area contributed by atoms with Crippen molar-refractivity contribution in [1.82, 2.24) is 4.98 Å². The topological polar surface area (TPSA) is 38.1 Å². The predicted octanol–water partition coefficient (Wildman–Crippen LogP) is 4.76. The summed E-state index contributed by atoms with van der Waals surface area (Å²) in [5.74, 6) is 0.877. The molecular formula is C12H8ClIN2OS. The molecule has 0 aliphatic carbocycles. The van der Waals surface area contributed by atoms with Crippen LogP contribution in [0.4, 0.5) is 5.69 Å². The van der Waals surface area contributed by atoms with E-state index in [2.05, 4.69) is 32.9 Å². The first-order valence-electron chi connectivity index (χ1n) is 5.24. The summed E-state index contributed by atoms with van der Waals surface area (Å²) in [6.07, 6.45) is 0. The molecule has 3 nitrogen and oxygen atoms in total. The number of furan rings is 1. The molecule has 0 bridgehead atoms. The number of nitrogens with zero attached hydrogens (tertiary/aromatic N) is 1. The smallest absolute Gasteiger partial charge is 0.164 e. The molecule has 2 aromatic heterocycles. The number of rotatable bonds is 3. The third kappa shape index (κ3) is 2.34. The molecule has 6 heteroatoms. The van der Waals surface area contributed by atoms with Crippen LogP contribution in [0.2, 0.25) is 5.02 Å². The molecule has 1 aromatic carbocycles. The minimum Gasteiger partial charge on any atom is -0.454 e. The van der Waals surface area contributed by atoms with Crippen LogP contribution in [0, 0.1) is 3.77 Å². The molecule has 3 rings (SSSR count). The zero-order valence-electron chi connectivity index (χ0n) is 9.11. The van der Waals surface area contributed by atoms with Crippen LogP contribution in [0.5, 0.6) is 0 Å². The summed E-state index contributed by atoms with van der Waals surface area (Å²) in [6, 6.07) is 7.75. The van der Waals surface area contributed by atoms with Crippen molar-refractivity contribution in [2.75, 3.05) is 5.32 Å². The highest BCUT2D eigenvalue weighted by Crippen LogP contribution is 2.32. The highest BCUT2D eigenvalue weighted by atomic mass is 127. The van der Waals surface area contributed by atoms with Crippen molar-refractivity contribution < 1.29 is 4.42 Å². The van der Waals surface area contributed by atoms with Crippen molar-refractivity contribution in [3.8, 4) is 0 Å². The van der Waals surface area contributed by atoms with Crippen molar-refractivity contribution in [3.05, 3.63) is 44.3 Å². The van der Waals surface area contributed by atoms with E-state index in [-0.39, 0.29) is 0 Å². The van der Waals surface area contributed by atoms with Crippen LogP contribution in [0.15, 0.2) is 34.2 Å². The van der Waals surface area contributed by atoms with Gasteiger partial charge in [0.05, 0.1) is 27.5 Å². The summed E-state index contributed by atoms with van der Waals surface area (Å²) in [5.41, 5.74) is 3.60. The number of hydrogen-bond acceptors (Lipinski definition) is 4. The van der Waals surface area contributed by atoms with Crippen molar-refractivity contribution in [1.29, 1.82) is 0 Å². The fourth-order valence-corrected chi connectivity index (χ4v) is 3.06. The normalized spacial score (nSPS) is 11.0. The van der Waals surface area contributed by atoms with Crippen LogP contribution in [0.1, 0.15) is 5.76 Å². The zero-order chi connectivity index (χ0) is 12.5. The molecule has 0 amide bonds. The number of nitrogens with one attached hydrogen (secondary N) is 1. The lowest BCUT2D eigenvalue weighted by atomic mass is 10.3. The molecule has 0 spiro atoms. The van der Waals surface area contributed by atoms with Gasteiger partial charge in [0.2, 0.25) is 0 Å². The maximum Gasteiger partial charge on any atom is 0.164 e. The number of anilines is 1. The Morgan fingerprint density at radius 2 is 2.22 bits per heavy atom. The molecule has 0 saturated carbocycles. The molecule has 92 valence electrons. The van der Waals surface area contributed by atoms with Crippen molar-refractivity contribution in [3.63, 3.8) is 0 Å². The maximum atomic E-state index is 6.20. The molecule has 3 aromatic rings. The summed E-state index contributed by atoms with van der Waals surface area (Å²) in [4.78, 5) is 4.34. The summed E-state index contributed by atoms with van der Waals surface area (Å²) >= 11 is 9.95. The molecule has 0 radical (unpaired) electrons. The number of fused-ring (bicyclic) bond motifs is 1. The summed E-state index contributed by atoms with van der Waals surface area (Å²) in [6.45, 7) is 0.597. The van der Waals surface area contributed by atoms with Crippen LogP contribution in [-0.2, 0) is 6.54 Å².